The predicted molar refractivity (Wildman–Crippen MR) is 59.4 cm³/mol. The van der Waals surface area contributed by atoms with Gasteiger partial charge in [0, 0.05) is 18.1 Å². The highest BCUT2D eigenvalue weighted by Gasteiger charge is 2.24. The van der Waals surface area contributed by atoms with Crippen LogP contribution in [0.4, 0.5) is 0 Å². The molecule has 1 aliphatic carbocycles. The van der Waals surface area contributed by atoms with Crippen LogP contribution in [0.2, 0.25) is 0 Å². The molecule has 14 heavy (non-hydrogen) atoms. The van der Waals surface area contributed by atoms with Gasteiger partial charge in [-0.1, -0.05) is 0 Å². The maximum absolute atomic E-state index is 9.17. The zero-order valence-electron chi connectivity index (χ0n) is 9.66. The smallest absolute Gasteiger partial charge is 0.0585 e. The summed E-state index contributed by atoms with van der Waals surface area (Å²) < 4.78 is 0. The lowest BCUT2D eigenvalue weighted by Crippen LogP contribution is -2.38. The summed E-state index contributed by atoms with van der Waals surface area (Å²) in [6.07, 6.45) is 3.62. The molecule has 0 aromatic heterocycles. The molecular weight excluding hydrogens is 176 g/mol. The molecule has 3 heteroatoms. The second-order valence-corrected chi connectivity index (χ2v) is 4.68. The Morgan fingerprint density at radius 3 is 2.50 bits per heavy atom. The van der Waals surface area contributed by atoms with E-state index in [-0.39, 0.29) is 6.61 Å². The molecule has 2 N–H and O–H groups in total. The van der Waals surface area contributed by atoms with Crippen LogP contribution in [0.5, 0.6) is 0 Å². The lowest BCUT2D eigenvalue weighted by Gasteiger charge is -2.24. The highest BCUT2D eigenvalue weighted by Crippen LogP contribution is 2.19. The van der Waals surface area contributed by atoms with Gasteiger partial charge in [-0.25, -0.2) is 0 Å². The lowest BCUT2D eigenvalue weighted by atomic mass is 10.2. The summed E-state index contributed by atoms with van der Waals surface area (Å²) in [5.74, 6) is 0. The Balaban J connectivity index is 2.12. The largest absolute Gasteiger partial charge is 0.395 e. The fourth-order valence-electron chi connectivity index (χ4n) is 1.43. The topological polar surface area (TPSA) is 35.5 Å². The molecule has 0 heterocycles. The number of rotatable bonds is 7. The van der Waals surface area contributed by atoms with Crippen LogP contribution in [-0.2, 0) is 0 Å². The van der Waals surface area contributed by atoms with Gasteiger partial charge < -0.3 is 15.3 Å². The Labute approximate surface area is 87.5 Å². The molecule has 1 aliphatic rings. The van der Waals surface area contributed by atoms with E-state index in [0.717, 1.165) is 13.0 Å². The van der Waals surface area contributed by atoms with E-state index in [2.05, 4.69) is 31.1 Å². The van der Waals surface area contributed by atoms with Crippen LogP contribution in [0.1, 0.15) is 33.1 Å². The van der Waals surface area contributed by atoms with Gasteiger partial charge in [-0.2, -0.15) is 0 Å². The van der Waals surface area contributed by atoms with E-state index in [4.69, 9.17) is 0 Å². The summed E-state index contributed by atoms with van der Waals surface area (Å²) in [6, 6.07) is 1.58. The Morgan fingerprint density at radius 2 is 2.07 bits per heavy atom. The van der Waals surface area contributed by atoms with Crippen LogP contribution in [0.25, 0.3) is 0 Å². The van der Waals surface area contributed by atoms with Crippen LogP contribution in [0, 0.1) is 0 Å². The molecule has 84 valence electrons. The minimum Gasteiger partial charge on any atom is -0.395 e. The molecular formula is C11H24N2O. The van der Waals surface area contributed by atoms with E-state index in [0.29, 0.717) is 18.1 Å². The molecule has 1 saturated carbocycles. The van der Waals surface area contributed by atoms with Crippen molar-refractivity contribution in [3.05, 3.63) is 0 Å². The van der Waals surface area contributed by atoms with Crippen molar-refractivity contribution in [3.8, 4) is 0 Å². The molecule has 0 bridgehead atoms. The average molecular weight is 200 g/mol. The fourth-order valence-corrected chi connectivity index (χ4v) is 1.43. The first-order valence-corrected chi connectivity index (χ1v) is 5.70. The van der Waals surface area contributed by atoms with Gasteiger partial charge in [-0.05, 0) is 46.7 Å². The van der Waals surface area contributed by atoms with E-state index in [1.807, 2.05) is 0 Å². The van der Waals surface area contributed by atoms with Crippen molar-refractivity contribution in [2.45, 2.75) is 51.2 Å². The van der Waals surface area contributed by atoms with E-state index >= 15 is 0 Å². The molecule has 0 aromatic rings. The van der Waals surface area contributed by atoms with Crippen LogP contribution in [0.15, 0.2) is 0 Å². The molecule has 0 saturated heterocycles. The van der Waals surface area contributed by atoms with E-state index in [1.54, 1.807) is 0 Å². The van der Waals surface area contributed by atoms with E-state index < -0.39 is 0 Å². The minimum absolute atomic E-state index is 0.266. The quantitative estimate of drug-likeness (QED) is 0.639. The standard InChI is InChI=1S/C11H24N2O/c1-9(2)13(3)7-6-11(8-14)12-10-4-5-10/h9-12,14H,4-8H2,1-3H3. The first kappa shape index (κ1) is 12.0. The molecule has 0 amide bonds. The van der Waals surface area contributed by atoms with Gasteiger partial charge >= 0.3 is 0 Å². The number of nitrogens with one attached hydrogen (secondary N) is 1. The third-order valence-corrected chi connectivity index (χ3v) is 2.98. The first-order chi connectivity index (χ1) is 6.63. The van der Waals surface area contributed by atoms with Crippen molar-refractivity contribution < 1.29 is 5.11 Å². The molecule has 0 spiro atoms. The maximum atomic E-state index is 9.17. The summed E-state index contributed by atoms with van der Waals surface area (Å²) in [4.78, 5) is 2.32. The summed E-state index contributed by atoms with van der Waals surface area (Å²) >= 11 is 0. The van der Waals surface area contributed by atoms with Gasteiger partial charge in [0.15, 0.2) is 0 Å². The Hall–Kier alpha value is -0.120. The van der Waals surface area contributed by atoms with Crippen molar-refractivity contribution in [3.63, 3.8) is 0 Å². The van der Waals surface area contributed by atoms with Gasteiger partial charge in [0.2, 0.25) is 0 Å². The number of hydrogen-bond acceptors (Lipinski definition) is 3. The average Bonchev–Trinajstić information content (AvgIpc) is 2.95. The second-order valence-electron chi connectivity index (χ2n) is 4.68. The number of hydrogen-bond donors (Lipinski definition) is 2. The molecule has 0 aromatic carbocycles. The van der Waals surface area contributed by atoms with Crippen LogP contribution in [0.3, 0.4) is 0 Å². The third kappa shape index (κ3) is 4.40. The summed E-state index contributed by atoms with van der Waals surface area (Å²) in [7, 11) is 2.14. The van der Waals surface area contributed by atoms with Gasteiger partial charge in [0.1, 0.15) is 0 Å². The van der Waals surface area contributed by atoms with Crippen LogP contribution < -0.4 is 5.32 Å². The van der Waals surface area contributed by atoms with E-state index in [9.17, 15) is 5.11 Å². The second kappa shape index (κ2) is 5.69. The number of nitrogens with zero attached hydrogens (tertiary/aromatic N) is 1. The molecule has 1 atom stereocenters. The number of aliphatic hydroxyl groups excluding tert-OH is 1. The molecule has 0 aliphatic heterocycles. The van der Waals surface area contributed by atoms with Crippen molar-refractivity contribution >= 4 is 0 Å². The maximum Gasteiger partial charge on any atom is 0.0585 e. The Bertz CT molecular complexity index is 157. The number of aliphatic hydroxyl groups is 1. The summed E-state index contributed by atoms with van der Waals surface area (Å²) in [5, 5.41) is 12.6. The van der Waals surface area contributed by atoms with E-state index in [1.165, 1.54) is 12.8 Å². The van der Waals surface area contributed by atoms with Crippen LogP contribution in [-0.4, -0.2) is 48.3 Å². The normalized spacial score (nSPS) is 19.3. The summed E-state index contributed by atoms with van der Waals surface area (Å²) in [5.41, 5.74) is 0. The first-order valence-electron chi connectivity index (χ1n) is 5.70. The van der Waals surface area contributed by atoms with Gasteiger partial charge in [-0.15, -0.1) is 0 Å². The highest BCUT2D eigenvalue weighted by atomic mass is 16.3. The van der Waals surface area contributed by atoms with Gasteiger partial charge in [0.05, 0.1) is 6.61 Å². The molecule has 0 radical (unpaired) electrons. The van der Waals surface area contributed by atoms with Crippen molar-refractivity contribution in [2.24, 2.45) is 0 Å². The zero-order chi connectivity index (χ0) is 10.6. The molecule has 3 nitrogen and oxygen atoms in total. The van der Waals surface area contributed by atoms with Crippen molar-refractivity contribution in [2.75, 3.05) is 20.2 Å². The molecule has 1 unspecified atom stereocenters. The molecule has 1 rings (SSSR count). The lowest BCUT2D eigenvalue weighted by molar-refractivity contribution is 0.204. The predicted octanol–water partition coefficient (Wildman–Crippen LogP) is 0.830. The zero-order valence-corrected chi connectivity index (χ0v) is 9.66. The fraction of sp³-hybridized carbons (Fsp3) is 1.00. The van der Waals surface area contributed by atoms with Gasteiger partial charge in [0.25, 0.3) is 0 Å². The summed E-state index contributed by atoms with van der Waals surface area (Å²) in [6.45, 7) is 5.72. The monoisotopic (exact) mass is 200 g/mol. The van der Waals surface area contributed by atoms with Crippen molar-refractivity contribution in [1.29, 1.82) is 0 Å². The van der Waals surface area contributed by atoms with Gasteiger partial charge in [-0.3, -0.25) is 0 Å². The SMILES string of the molecule is CC(C)N(C)CCC(CO)NC1CC1. The molecule has 1 fully saturated rings. The Kier molecular flexibility index (Phi) is 4.85. The van der Waals surface area contributed by atoms with Crippen molar-refractivity contribution in [1.82, 2.24) is 10.2 Å². The minimum atomic E-state index is 0.266. The van der Waals surface area contributed by atoms with Crippen LogP contribution >= 0.6 is 0 Å². The highest BCUT2D eigenvalue weighted by molar-refractivity contribution is 4.84. The Morgan fingerprint density at radius 1 is 1.43 bits per heavy atom. The third-order valence-electron chi connectivity index (χ3n) is 2.98.